The quantitative estimate of drug-likeness (QED) is 0.436. The third-order valence-electron chi connectivity index (χ3n) is 6.25. The van der Waals surface area contributed by atoms with Crippen LogP contribution >= 0.6 is 0 Å². The number of alkyl halides is 3. The molecule has 0 bridgehead atoms. The van der Waals surface area contributed by atoms with Gasteiger partial charge < -0.3 is 15.0 Å². The molecule has 4 heterocycles. The summed E-state index contributed by atoms with van der Waals surface area (Å²) in [5, 5.41) is 10.6. The molecule has 0 spiro atoms. The second-order valence-electron chi connectivity index (χ2n) is 8.64. The minimum atomic E-state index is -4.48. The van der Waals surface area contributed by atoms with Crippen LogP contribution in [-0.4, -0.2) is 69.2 Å². The first-order valence-electron chi connectivity index (χ1n) is 11.1. The van der Waals surface area contributed by atoms with E-state index in [9.17, 15) is 18.0 Å². The summed E-state index contributed by atoms with van der Waals surface area (Å²) in [6, 6.07) is 6.85. The Morgan fingerprint density at radius 1 is 1.14 bits per heavy atom. The van der Waals surface area contributed by atoms with E-state index in [0.29, 0.717) is 35.4 Å². The lowest BCUT2D eigenvalue weighted by Gasteiger charge is -2.23. The predicted molar refractivity (Wildman–Crippen MR) is 124 cm³/mol. The summed E-state index contributed by atoms with van der Waals surface area (Å²) in [4.78, 5) is 27.6. The van der Waals surface area contributed by atoms with Crippen molar-refractivity contribution in [2.75, 3.05) is 27.2 Å². The Hall–Kier alpha value is -4.06. The second kappa shape index (κ2) is 9.19. The number of ether oxygens (including phenoxy) is 1. The van der Waals surface area contributed by atoms with Crippen molar-refractivity contribution < 1.29 is 22.7 Å². The Morgan fingerprint density at radius 2 is 1.89 bits per heavy atom. The van der Waals surface area contributed by atoms with Gasteiger partial charge in [0.2, 0.25) is 0 Å². The minimum absolute atomic E-state index is 0.171. The molecule has 0 aliphatic carbocycles. The van der Waals surface area contributed by atoms with E-state index in [0.717, 1.165) is 6.07 Å². The predicted octanol–water partition coefficient (Wildman–Crippen LogP) is 3.27. The van der Waals surface area contributed by atoms with Gasteiger partial charge in [-0.3, -0.25) is 9.89 Å². The number of H-pyrrole nitrogens is 1. The second-order valence-corrected chi connectivity index (χ2v) is 8.64. The number of aromatic nitrogens is 5. The fourth-order valence-electron chi connectivity index (χ4n) is 4.58. The topological polar surface area (TPSA) is 109 Å². The Labute approximate surface area is 203 Å². The molecule has 9 nitrogen and oxygen atoms in total. The molecule has 1 aliphatic heterocycles. The molecule has 3 aromatic heterocycles. The molecular formula is C24H22F3N7O2. The number of fused-ring (bicyclic) bond motifs is 1. The van der Waals surface area contributed by atoms with Crippen LogP contribution in [0.5, 0.6) is 6.01 Å². The van der Waals surface area contributed by atoms with E-state index in [2.05, 4.69) is 30.5 Å². The van der Waals surface area contributed by atoms with Gasteiger partial charge in [-0.05, 0) is 24.7 Å². The molecule has 4 aromatic rings. The van der Waals surface area contributed by atoms with E-state index >= 15 is 0 Å². The van der Waals surface area contributed by atoms with Crippen LogP contribution in [0.2, 0.25) is 0 Å². The Bertz CT molecular complexity index is 1410. The molecule has 1 amide bonds. The van der Waals surface area contributed by atoms with Crippen LogP contribution in [0.15, 0.2) is 48.9 Å². The van der Waals surface area contributed by atoms with Crippen molar-refractivity contribution in [2.24, 2.45) is 0 Å². The normalized spacial score (nSPS) is 18.5. The third-order valence-corrected chi connectivity index (χ3v) is 6.25. The van der Waals surface area contributed by atoms with Gasteiger partial charge in [0.15, 0.2) is 5.65 Å². The summed E-state index contributed by atoms with van der Waals surface area (Å²) in [7, 11) is 3.28. The Balaban J connectivity index is 1.43. The number of nitrogens with one attached hydrogen (secondary N) is 2. The lowest BCUT2D eigenvalue weighted by Crippen LogP contribution is -2.40. The number of halogens is 3. The fourth-order valence-corrected chi connectivity index (χ4v) is 4.58. The van der Waals surface area contributed by atoms with Crippen LogP contribution in [0, 0.1) is 0 Å². The standard InChI is InChI=1S/C24H22F3N7O2/c1-34-11-17(15-5-3-4-6-18(15)24(25,26)27)19(12-34)31-22(35)13-7-16-20(32-33-21(16)28-8-13)14-9-29-23(36-2)30-10-14/h3-10,17,19H,11-12H2,1-2H3,(H,31,35)(H,28,32,33)/t17-,19+/m1/s1. The largest absolute Gasteiger partial charge is 0.467 e. The number of aromatic amines is 1. The summed E-state index contributed by atoms with van der Waals surface area (Å²) in [6.45, 7) is 0.803. The highest BCUT2D eigenvalue weighted by Crippen LogP contribution is 2.38. The lowest BCUT2D eigenvalue weighted by molar-refractivity contribution is -0.138. The highest BCUT2D eigenvalue weighted by Gasteiger charge is 2.40. The molecule has 5 rings (SSSR count). The van der Waals surface area contributed by atoms with Gasteiger partial charge in [0.1, 0.15) is 5.69 Å². The van der Waals surface area contributed by atoms with Crippen LogP contribution in [0.25, 0.3) is 22.3 Å². The van der Waals surface area contributed by atoms with E-state index in [4.69, 9.17) is 4.74 Å². The van der Waals surface area contributed by atoms with E-state index < -0.39 is 29.6 Å². The van der Waals surface area contributed by atoms with E-state index in [1.807, 2.05) is 11.9 Å². The van der Waals surface area contributed by atoms with Crippen LogP contribution in [-0.2, 0) is 6.18 Å². The van der Waals surface area contributed by atoms with E-state index in [1.165, 1.54) is 25.4 Å². The van der Waals surface area contributed by atoms with Crippen LogP contribution in [0.4, 0.5) is 13.2 Å². The molecule has 2 atom stereocenters. The van der Waals surface area contributed by atoms with Gasteiger partial charge in [-0.15, -0.1) is 0 Å². The lowest BCUT2D eigenvalue weighted by atomic mass is 9.90. The van der Waals surface area contributed by atoms with Gasteiger partial charge >= 0.3 is 12.2 Å². The Morgan fingerprint density at radius 3 is 2.61 bits per heavy atom. The first-order valence-corrected chi connectivity index (χ1v) is 11.1. The maximum Gasteiger partial charge on any atom is 0.416 e. The maximum absolute atomic E-state index is 13.7. The smallest absolute Gasteiger partial charge is 0.416 e. The molecule has 36 heavy (non-hydrogen) atoms. The van der Waals surface area contributed by atoms with Gasteiger partial charge in [-0.25, -0.2) is 15.0 Å². The molecule has 0 saturated carbocycles. The maximum atomic E-state index is 13.7. The molecule has 0 unspecified atom stereocenters. The SMILES string of the molecule is COc1ncc(-c2n[nH]c3ncc(C(=O)N[C@H]4CN(C)C[C@@H]4c4ccccc4C(F)(F)F)cc23)cn1. The van der Waals surface area contributed by atoms with Gasteiger partial charge in [0.25, 0.3) is 5.91 Å². The van der Waals surface area contributed by atoms with Gasteiger partial charge in [0, 0.05) is 54.6 Å². The number of likely N-dealkylation sites (tertiary alicyclic amines) is 1. The summed E-state index contributed by atoms with van der Waals surface area (Å²) in [6.07, 6.45) is 0.0160. The van der Waals surface area contributed by atoms with Gasteiger partial charge in [-0.2, -0.15) is 18.3 Å². The average Bonchev–Trinajstić information content (AvgIpc) is 3.46. The minimum Gasteiger partial charge on any atom is -0.467 e. The summed E-state index contributed by atoms with van der Waals surface area (Å²) < 4.78 is 46.0. The molecule has 12 heteroatoms. The van der Waals surface area contributed by atoms with Crippen molar-refractivity contribution in [1.82, 2.24) is 35.4 Å². The number of likely N-dealkylation sites (N-methyl/N-ethyl adjacent to an activating group) is 1. The number of nitrogens with zero attached hydrogens (tertiary/aromatic N) is 5. The first kappa shape index (κ1) is 23.7. The van der Waals surface area contributed by atoms with Crippen molar-refractivity contribution in [1.29, 1.82) is 0 Å². The molecule has 0 radical (unpaired) electrons. The van der Waals surface area contributed by atoms with Crippen LogP contribution in [0.1, 0.15) is 27.4 Å². The zero-order valence-electron chi connectivity index (χ0n) is 19.4. The van der Waals surface area contributed by atoms with Crippen molar-refractivity contribution in [3.8, 4) is 17.3 Å². The number of amides is 1. The fraction of sp³-hybridized carbons (Fsp3) is 0.292. The highest BCUT2D eigenvalue weighted by atomic mass is 19.4. The molecular weight excluding hydrogens is 475 g/mol. The number of carbonyl (C=O) groups is 1. The first-order chi connectivity index (χ1) is 17.2. The zero-order chi connectivity index (χ0) is 25.4. The van der Waals surface area contributed by atoms with Gasteiger partial charge in [-0.1, -0.05) is 18.2 Å². The number of hydrogen-bond donors (Lipinski definition) is 2. The Kier molecular flexibility index (Phi) is 6.04. The van der Waals surface area contributed by atoms with E-state index in [1.54, 1.807) is 24.5 Å². The number of carbonyl (C=O) groups excluding carboxylic acids is 1. The monoisotopic (exact) mass is 497 g/mol. The van der Waals surface area contributed by atoms with Crippen LogP contribution < -0.4 is 10.1 Å². The van der Waals surface area contributed by atoms with Gasteiger partial charge in [0.05, 0.1) is 18.2 Å². The van der Waals surface area contributed by atoms with Crippen molar-refractivity contribution in [3.63, 3.8) is 0 Å². The number of rotatable bonds is 5. The summed E-state index contributed by atoms with van der Waals surface area (Å²) >= 11 is 0. The number of pyridine rings is 1. The molecule has 2 N–H and O–H groups in total. The van der Waals surface area contributed by atoms with Crippen LogP contribution in [0.3, 0.4) is 0 Å². The van der Waals surface area contributed by atoms with Crippen molar-refractivity contribution in [3.05, 3.63) is 65.6 Å². The molecule has 1 aromatic carbocycles. The number of hydrogen-bond acceptors (Lipinski definition) is 7. The molecule has 1 saturated heterocycles. The summed E-state index contributed by atoms with van der Waals surface area (Å²) in [5.74, 6) is -0.952. The number of benzene rings is 1. The highest BCUT2D eigenvalue weighted by molar-refractivity contribution is 6.00. The van der Waals surface area contributed by atoms with E-state index in [-0.39, 0.29) is 17.1 Å². The summed E-state index contributed by atoms with van der Waals surface area (Å²) in [5.41, 5.74) is 1.32. The average molecular weight is 497 g/mol. The third kappa shape index (κ3) is 4.47. The van der Waals surface area contributed by atoms with Crippen molar-refractivity contribution in [2.45, 2.75) is 18.1 Å². The molecule has 1 aliphatic rings. The molecule has 186 valence electrons. The van der Waals surface area contributed by atoms with Crippen molar-refractivity contribution >= 4 is 16.9 Å². The number of methoxy groups -OCH3 is 1. The molecule has 1 fully saturated rings. The zero-order valence-corrected chi connectivity index (χ0v) is 19.4.